The molecule has 0 radical (unpaired) electrons. The average molecular weight is 920 g/mol. The van der Waals surface area contributed by atoms with Crippen LogP contribution in [-0.4, -0.2) is 94.1 Å². The number of nitrogens with zero attached hydrogens (tertiary/aromatic N) is 10. The number of Topliss-reactive ketones (excluding diaryl/α,β-unsaturated/α-hetero) is 1. The van der Waals surface area contributed by atoms with Gasteiger partial charge in [0.2, 0.25) is 39.3 Å². The molecule has 0 aliphatic carbocycles. The van der Waals surface area contributed by atoms with Crippen molar-refractivity contribution >= 4 is 50.9 Å². The number of ketones is 1. The molecule has 6 heterocycles. The summed E-state index contributed by atoms with van der Waals surface area (Å²) in [4.78, 5) is 48.6. The summed E-state index contributed by atoms with van der Waals surface area (Å²) >= 11 is 0. The fraction of sp³-hybridized carbons (Fsp3) is 0.318. The van der Waals surface area contributed by atoms with Gasteiger partial charge < -0.3 is 36.7 Å². The number of sulfone groups is 1. The number of nitrogen functional groups attached to an aromatic ring is 2. The quantitative estimate of drug-likeness (QED) is 0.0993. The summed E-state index contributed by atoms with van der Waals surface area (Å²) in [6.45, 7) is 13.3. The van der Waals surface area contributed by atoms with Crippen LogP contribution in [0.25, 0.3) is 34.7 Å². The number of nitrogens with one attached hydrogen (secondary N) is 2. The monoisotopic (exact) mass is 919 g/mol. The molecule has 2 aromatic carbocycles. The van der Waals surface area contributed by atoms with Crippen LogP contribution >= 0.6 is 0 Å². The van der Waals surface area contributed by atoms with Crippen molar-refractivity contribution in [2.24, 2.45) is 11.1 Å². The van der Waals surface area contributed by atoms with Crippen molar-refractivity contribution in [3.8, 4) is 23.2 Å². The molecule has 0 spiro atoms. The van der Waals surface area contributed by atoms with Crippen molar-refractivity contribution in [2.45, 2.75) is 71.5 Å². The molecule has 0 fully saturated rings. The lowest BCUT2D eigenvalue weighted by Crippen LogP contribution is -2.40. The van der Waals surface area contributed by atoms with Crippen LogP contribution in [-0.2, 0) is 22.7 Å². The number of anilines is 3. The number of rotatable bonds is 12. The van der Waals surface area contributed by atoms with Gasteiger partial charge in [0.1, 0.15) is 0 Å². The molecule has 0 bridgehead atoms. The molecule has 8 rings (SSSR count). The highest BCUT2D eigenvalue weighted by Gasteiger charge is 2.20. The highest BCUT2D eigenvalue weighted by atomic mass is 32.2. The van der Waals surface area contributed by atoms with Crippen LogP contribution in [0.2, 0.25) is 0 Å². The molecular formula is C44H53N15O6S. The van der Waals surface area contributed by atoms with Crippen molar-refractivity contribution in [1.82, 2.24) is 54.4 Å². The molecule has 66 heavy (non-hydrogen) atoms. The molecule has 8 aromatic rings. The fourth-order valence-corrected chi connectivity index (χ4v) is 6.53. The maximum absolute atomic E-state index is 12.2. The SMILES string of the molecule is CC(C)(C)CC(=O)c1ccc(CCN)cc1.CC(C)(C)NC(=O)c1ccc(CCNc2nc(N)n3nc(-c4ccco4)nc3n2)cc1.CS(=O)(=O)c1nc(N)n2nc(-c3ccco3)nc2n1. The van der Waals surface area contributed by atoms with Crippen LogP contribution in [0.1, 0.15) is 79.8 Å². The molecule has 6 aromatic heterocycles. The first kappa shape index (κ1) is 47.9. The molecule has 346 valence electrons. The van der Waals surface area contributed by atoms with E-state index in [0.717, 1.165) is 34.7 Å². The highest BCUT2D eigenvalue weighted by Crippen LogP contribution is 2.22. The third-order valence-corrected chi connectivity index (χ3v) is 9.91. The summed E-state index contributed by atoms with van der Waals surface area (Å²) in [5.74, 6) is 2.51. The molecule has 0 aliphatic rings. The van der Waals surface area contributed by atoms with Gasteiger partial charge >= 0.3 is 0 Å². The van der Waals surface area contributed by atoms with Gasteiger partial charge in [-0.2, -0.15) is 38.9 Å². The number of hydrogen-bond acceptors (Lipinski definition) is 18. The second-order valence-electron chi connectivity index (χ2n) is 17.3. The van der Waals surface area contributed by atoms with Gasteiger partial charge in [-0.1, -0.05) is 57.2 Å². The Morgan fingerprint density at radius 2 is 1.20 bits per heavy atom. The summed E-state index contributed by atoms with van der Waals surface area (Å²) in [5.41, 5.74) is 20.6. The lowest BCUT2D eigenvalue weighted by molar-refractivity contribution is 0.0916. The minimum Gasteiger partial charge on any atom is -0.461 e. The van der Waals surface area contributed by atoms with E-state index in [1.165, 1.54) is 16.3 Å². The van der Waals surface area contributed by atoms with E-state index in [4.69, 9.17) is 26.0 Å². The molecule has 22 heteroatoms. The van der Waals surface area contributed by atoms with Crippen molar-refractivity contribution in [3.63, 3.8) is 0 Å². The Morgan fingerprint density at radius 1 is 0.682 bits per heavy atom. The van der Waals surface area contributed by atoms with Crippen molar-refractivity contribution < 1.29 is 26.8 Å². The van der Waals surface area contributed by atoms with Gasteiger partial charge in [-0.15, -0.1) is 10.2 Å². The predicted octanol–water partition coefficient (Wildman–Crippen LogP) is 5.12. The summed E-state index contributed by atoms with van der Waals surface area (Å²) in [5, 5.41) is 14.0. The molecular weight excluding hydrogens is 867 g/mol. The van der Waals surface area contributed by atoms with Crippen LogP contribution in [0.15, 0.2) is 99.3 Å². The minimum atomic E-state index is -3.57. The third kappa shape index (κ3) is 13.0. The van der Waals surface area contributed by atoms with Gasteiger partial charge in [0.05, 0.1) is 12.5 Å². The van der Waals surface area contributed by atoms with Crippen LogP contribution in [0.4, 0.5) is 17.8 Å². The molecule has 0 atom stereocenters. The Morgan fingerprint density at radius 3 is 1.68 bits per heavy atom. The molecule has 8 N–H and O–H groups in total. The van der Waals surface area contributed by atoms with E-state index in [2.05, 4.69) is 71.5 Å². The van der Waals surface area contributed by atoms with E-state index in [1.54, 1.807) is 30.5 Å². The Bertz CT molecular complexity index is 3010. The summed E-state index contributed by atoms with van der Waals surface area (Å²) in [7, 11) is -3.57. The zero-order valence-corrected chi connectivity index (χ0v) is 38.5. The lowest BCUT2D eigenvalue weighted by Gasteiger charge is -2.20. The minimum absolute atomic E-state index is 0.0410. The number of carbonyl (C=O) groups excluding carboxylic acids is 2. The van der Waals surface area contributed by atoms with Crippen molar-refractivity contribution in [1.29, 1.82) is 0 Å². The Kier molecular flexibility index (Phi) is 14.6. The summed E-state index contributed by atoms with van der Waals surface area (Å²) in [6, 6.07) is 22.2. The number of nitrogens with two attached hydrogens (primary N) is 3. The first-order chi connectivity index (χ1) is 31.2. The summed E-state index contributed by atoms with van der Waals surface area (Å²) in [6.07, 6.45) is 6.18. The summed E-state index contributed by atoms with van der Waals surface area (Å²) < 4.78 is 35.8. The van der Waals surface area contributed by atoms with Gasteiger partial charge in [0.15, 0.2) is 17.3 Å². The maximum atomic E-state index is 12.2. The number of aromatic nitrogens is 10. The fourth-order valence-electron chi connectivity index (χ4n) is 6.02. The molecule has 0 saturated heterocycles. The normalized spacial score (nSPS) is 11.7. The van der Waals surface area contributed by atoms with Crippen LogP contribution < -0.4 is 27.8 Å². The van der Waals surface area contributed by atoms with Gasteiger partial charge in [-0.3, -0.25) is 9.59 Å². The Balaban J connectivity index is 0.000000176. The third-order valence-electron chi connectivity index (χ3n) is 9.06. The van der Waals surface area contributed by atoms with Gasteiger partial charge in [-0.05, 0) is 93.1 Å². The van der Waals surface area contributed by atoms with Gasteiger partial charge in [0, 0.05) is 35.9 Å². The molecule has 21 nitrogen and oxygen atoms in total. The largest absolute Gasteiger partial charge is 0.461 e. The number of furan rings is 2. The highest BCUT2D eigenvalue weighted by molar-refractivity contribution is 7.90. The first-order valence-corrected chi connectivity index (χ1v) is 22.6. The van der Waals surface area contributed by atoms with Gasteiger partial charge in [0.25, 0.3) is 22.6 Å². The van der Waals surface area contributed by atoms with E-state index in [9.17, 15) is 18.0 Å². The topological polar surface area (TPSA) is 309 Å². The van der Waals surface area contributed by atoms with E-state index in [-0.39, 0.29) is 46.1 Å². The number of hydrogen-bond donors (Lipinski definition) is 5. The first-order valence-electron chi connectivity index (χ1n) is 20.7. The second kappa shape index (κ2) is 20.1. The van der Waals surface area contributed by atoms with Crippen molar-refractivity contribution in [2.75, 3.05) is 36.1 Å². The van der Waals surface area contributed by atoms with Gasteiger partial charge in [-0.25, -0.2) is 8.42 Å². The zero-order chi connectivity index (χ0) is 47.8. The van der Waals surface area contributed by atoms with Crippen LogP contribution in [0.5, 0.6) is 0 Å². The van der Waals surface area contributed by atoms with E-state index >= 15 is 0 Å². The molecule has 0 aliphatic heterocycles. The van der Waals surface area contributed by atoms with E-state index < -0.39 is 15.0 Å². The average Bonchev–Trinajstić information content (AvgIpc) is 4.08. The number of fused-ring (bicyclic) bond motifs is 2. The smallest absolute Gasteiger partial charge is 0.259 e. The predicted molar refractivity (Wildman–Crippen MR) is 248 cm³/mol. The zero-order valence-electron chi connectivity index (χ0n) is 37.7. The second-order valence-corrected chi connectivity index (χ2v) is 19.2. The Hall–Kier alpha value is -7.59. The van der Waals surface area contributed by atoms with E-state index in [0.29, 0.717) is 54.1 Å². The molecule has 0 unspecified atom stereocenters. The number of benzene rings is 2. The maximum Gasteiger partial charge on any atom is 0.259 e. The Labute approximate surface area is 380 Å². The van der Waals surface area contributed by atoms with E-state index in [1.807, 2.05) is 69.3 Å². The van der Waals surface area contributed by atoms with Crippen LogP contribution in [0, 0.1) is 5.41 Å². The number of carbonyl (C=O) groups is 2. The molecule has 0 saturated carbocycles. The van der Waals surface area contributed by atoms with Crippen molar-refractivity contribution in [3.05, 3.63) is 108 Å². The molecule has 1 amide bonds. The van der Waals surface area contributed by atoms with Crippen LogP contribution in [0.3, 0.4) is 0 Å². The standard InChI is InChI=1S/C21H24N8O2.C14H21NO.C9H8N6O3S/c1-21(2,3)27-17(30)14-8-6-13(7-9-14)10-11-23-19-25-18(22)29-20(26-19)24-16(28-29)15-5-4-12-31-15;1-14(2,3)10-13(16)12-6-4-11(5-7-12)8-9-15;1-19(16,17)9-12-7(10)15-8(13-9)11-6(14-15)5-3-2-4-18-5/h4-9,12H,10-11H2,1-3H3,(H,27,30)(H3,22,23,24,25,26,28);4-7H,8-10,15H2,1-3H3;2-4H,1H3,(H2,10,11,12,13,14). The lowest BCUT2D eigenvalue weighted by atomic mass is 9.88. The number of amides is 1.